The van der Waals surface area contributed by atoms with Crippen LogP contribution < -0.4 is 0 Å². The van der Waals surface area contributed by atoms with Crippen molar-refractivity contribution in [2.45, 2.75) is 20.3 Å². The topological polar surface area (TPSA) is 46.6 Å². The van der Waals surface area contributed by atoms with Crippen molar-refractivity contribution in [3.63, 3.8) is 0 Å². The third-order valence-electron chi connectivity index (χ3n) is 3.40. The maximum absolute atomic E-state index is 13.2. The van der Waals surface area contributed by atoms with Gasteiger partial charge in [-0.3, -0.25) is 4.79 Å². The Labute approximate surface area is 117 Å². The van der Waals surface area contributed by atoms with Gasteiger partial charge >= 0.3 is 5.97 Å². The van der Waals surface area contributed by atoms with Crippen LogP contribution in [0.25, 0.3) is 0 Å². The van der Waals surface area contributed by atoms with E-state index in [0.717, 1.165) is 6.07 Å². The normalized spacial score (nSPS) is 18.4. The van der Waals surface area contributed by atoms with Crippen molar-refractivity contribution < 1.29 is 18.7 Å². The second-order valence-corrected chi connectivity index (χ2v) is 5.12. The van der Waals surface area contributed by atoms with Gasteiger partial charge in [0.05, 0.1) is 12.2 Å². The molecule has 1 heterocycles. The number of carbonyl (C=O) groups excluding carboxylic acids is 2. The highest BCUT2D eigenvalue weighted by atomic mass is 19.1. The SMILES string of the molecule is CCN1CC(COC(=O)c2cc(C)cc(F)c2)CC1=O. The Morgan fingerprint density at radius 2 is 2.20 bits per heavy atom. The molecule has 1 amide bonds. The second-order valence-electron chi connectivity index (χ2n) is 5.12. The zero-order chi connectivity index (χ0) is 14.7. The molecular weight excluding hydrogens is 261 g/mol. The van der Waals surface area contributed by atoms with Gasteiger partial charge < -0.3 is 9.64 Å². The van der Waals surface area contributed by atoms with E-state index in [1.165, 1.54) is 6.07 Å². The van der Waals surface area contributed by atoms with Crippen molar-refractivity contribution >= 4 is 11.9 Å². The predicted octanol–water partition coefficient (Wildman–Crippen LogP) is 2.16. The van der Waals surface area contributed by atoms with Crippen LogP contribution in [0, 0.1) is 18.7 Å². The number of amides is 1. The summed E-state index contributed by atoms with van der Waals surface area (Å²) in [4.78, 5) is 25.1. The predicted molar refractivity (Wildman–Crippen MR) is 71.8 cm³/mol. The Morgan fingerprint density at radius 1 is 1.45 bits per heavy atom. The highest BCUT2D eigenvalue weighted by molar-refractivity contribution is 5.89. The molecule has 0 aromatic heterocycles. The van der Waals surface area contributed by atoms with E-state index in [-0.39, 0.29) is 24.0 Å². The van der Waals surface area contributed by atoms with Crippen LogP contribution in [0.5, 0.6) is 0 Å². The van der Waals surface area contributed by atoms with Crippen molar-refractivity contribution in [1.82, 2.24) is 4.90 Å². The van der Waals surface area contributed by atoms with Gasteiger partial charge in [-0.25, -0.2) is 9.18 Å². The molecule has 1 atom stereocenters. The van der Waals surface area contributed by atoms with E-state index in [1.807, 2.05) is 6.92 Å². The summed E-state index contributed by atoms with van der Waals surface area (Å²) in [7, 11) is 0. The summed E-state index contributed by atoms with van der Waals surface area (Å²) >= 11 is 0. The number of aryl methyl sites for hydroxylation is 1. The van der Waals surface area contributed by atoms with Crippen LogP contribution in [0.4, 0.5) is 4.39 Å². The quantitative estimate of drug-likeness (QED) is 0.793. The first-order chi connectivity index (χ1) is 9.49. The lowest BCUT2D eigenvalue weighted by atomic mass is 10.1. The number of hydrogen-bond donors (Lipinski definition) is 0. The van der Waals surface area contributed by atoms with Gasteiger partial charge in [0.25, 0.3) is 0 Å². The summed E-state index contributed by atoms with van der Waals surface area (Å²) in [5.74, 6) is -0.878. The first-order valence-electron chi connectivity index (χ1n) is 6.71. The Kier molecular flexibility index (Phi) is 4.37. The highest BCUT2D eigenvalue weighted by Crippen LogP contribution is 2.18. The van der Waals surface area contributed by atoms with E-state index >= 15 is 0 Å². The molecule has 0 aliphatic carbocycles. The monoisotopic (exact) mass is 279 g/mol. The number of likely N-dealkylation sites (tertiary alicyclic amines) is 1. The van der Waals surface area contributed by atoms with E-state index < -0.39 is 11.8 Å². The van der Waals surface area contributed by atoms with Crippen LogP contribution in [0.3, 0.4) is 0 Å². The zero-order valence-electron chi connectivity index (χ0n) is 11.7. The molecule has 0 saturated carbocycles. The van der Waals surface area contributed by atoms with E-state index in [2.05, 4.69) is 0 Å². The molecule has 0 bridgehead atoms. The first kappa shape index (κ1) is 14.5. The van der Waals surface area contributed by atoms with Crippen LogP contribution in [-0.4, -0.2) is 36.5 Å². The summed E-state index contributed by atoms with van der Waals surface area (Å²) in [5.41, 5.74) is 0.879. The molecule has 4 nitrogen and oxygen atoms in total. The van der Waals surface area contributed by atoms with E-state index in [4.69, 9.17) is 4.74 Å². The molecule has 1 unspecified atom stereocenters. The van der Waals surface area contributed by atoms with Crippen molar-refractivity contribution in [3.05, 3.63) is 35.1 Å². The standard InChI is InChI=1S/C15H18FNO3/c1-3-17-8-11(6-14(17)18)9-20-15(19)12-4-10(2)5-13(16)7-12/h4-5,7,11H,3,6,8-9H2,1-2H3. The smallest absolute Gasteiger partial charge is 0.338 e. The molecule has 1 aliphatic heterocycles. The molecule has 0 radical (unpaired) electrons. The summed E-state index contributed by atoms with van der Waals surface area (Å²) in [6.45, 7) is 5.12. The van der Waals surface area contributed by atoms with Crippen molar-refractivity contribution in [2.24, 2.45) is 5.92 Å². The first-order valence-corrected chi connectivity index (χ1v) is 6.71. The summed E-state index contributed by atoms with van der Waals surface area (Å²) in [6, 6.07) is 4.10. The van der Waals surface area contributed by atoms with E-state index in [1.54, 1.807) is 17.9 Å². The molecule has 2 rings (SSSR count). The zero-order valence-corrected chi connectivity index (χ0v) is 11.7. The fourth-order valence-corrected chi connectivity index (χ4v) is 2.40. The fraction of sp³-hybridized carbons (Fsp3) is 0.467. The lowest BCUT2D eigenvalue weighted by molar-refractivity contribution is -0.127. The number of halogens is 1. The largest absolute Gasteiger partial charge is 0.462 e. The third-order valence-corrected chi connectivity index (χ3v) is 3.40. The van der Waals surface area contributed by atoms with Crippen LogP contribution in [0.1, 0.15) is 29.3 Å². The molecule has 1 aliphatic rings. The Bertz CT molecular complexity index is 510. The van der Waals surface area contributed by atoms with Crippen LogP contribution in [0.15, 0.2) is 18.2 Å². The minimum atomic E-state index is -0.546. The molecule has 0 N–H and O–H groups in total. The van der Waals surface area contributed by atoms with Crippen molar-refractivity contribution in [1.29, 1.82) is 0 Å². The molecule has 108 valence electrons. The Morgan fingerprint density at radius 3 is 2.80 bits per heavy atom. The number of benzene rings is 1. The van der Waals surface area contributed by atoms with Crippen LogP contribution in [-0.2, 0) is 9.53 Å². The summed E-state index contributed by atoms with van der Waals surface area (Å²) in [5, 5.41) is 0. The minimum absolute atomic E-state index is 0.0288. The molecule has 1 saturated heterocycles. The number of rotatable bonds is 4. The summed E-state index contributed by atoms with van der Waals surface area (Å²) < 4.78 is 18.4. The molecule has 20 heavy (non-hydrogen) atoms. The maximum atomic E-state index is 13.2. The molecular formula is C15H18FNO3. The van der Waals surface area contributed by atoms with Crippen LogP contribution >= 0.6 is 0 Å². The molecule has 5 heteroatoms. The van der Waals surface area contributed by atoms with E-state index in [0.29, 0.717) is 25.1 Å². The number of carbonyl (C=O) groups is 2. The lowest BCUT2D eigenvalue weighted by Gasteiger charge is -2.13. The maximum Gasteiger partial charge on any atom is 0.338 e. The average molecular weight is 279 g/mol. The van der Waals surface area contributed by atoms with Gasteiger partial charge in [0, 0.05) is 25.4 Å². The van der Waals surface area contributed by atoms with E-state index in [9.17, 15) is 14.0 Å². The van der Waals surface area contributed by atoms with Gasteiger partial charge in [0.1, 0.15) is 5.82 Å². The van der Waals surface area contributed by atoms with Crippen molar-refractivity contribution in [2.75, 3.05) is 19.7 Å². The molecule has 1 aromatic rings. The number of esters is 1. The Hall–Kier alpha value is -1.91. The molecule has 0 spiro atoms. The lowest BCUT2D eigenvalue weighted by Crippen LogP contribution is -2.25. The van der Waals surface area contributed by atoms with Gasteiger partial charge in [-0.05, 0) is 37.6 Å². The number of ether oxygens (including phenoxy) is 1. The van der Waals surface area contributed by atoms with Crippen LogP contribution in [0.2, 0.25) is 0 Å². The van der Waals surface area contributed by atoms with Crippen molar-refractivity contribution in [3.8, 4) is 0 Å². The Balaban J connectivity index is 1.91. The minimum Gasteiger partial charge on any atom is -0.462 e. The summed E-state index contributed by atoms with van der Waals surface area (Å²) in [6.07, 6.45) is 0.406. The van der Waals surface area contributed by atoms with Gasteiger partial charge in [-0.15, -0.1) is 0 Å². The third kappa shape index (κ3) is 3.35. The highest BCUT2D eigenvalue weighted by Gasteiger charge is 2.29. The second kappa shape index (κ2) is 6.03. The van der Waals surface area contributed by atoms with Gasteiger partial charge in [0.15, 0.2) is 0 Å². The number of nitrogens with zero attached hydrogens (tertiary/aromatic N) is 1. The fourth-order valence-electron chi connectivity index (χ4n) is 2.40. The molecule has 1 fully saturated rings. The van der Waals surface area contributed by atoms with Gasteiger partial charge in [0.2, 0.25) is 5.91 Å². The number of hydrogen-bond acceptors (Lipinski definition) is 3. The van der Waals surface area contributed by atoms with Gasteiger partial charge in [-0.1, -0.05) is 0 Å². The van der Waals surface area contributed by atoms with Gasteiger partial charge in [-0.2, -0.15) is 0 Å². The molecule has 1 aromatic carbocycles. The average Bonchev–Trinajstić information content (AvgIpc) is 2.75.